The molecule has 13 radical (unpaired) electrons. The second-order valence-electron chi connectivity index (χ2n) is 3.06. The minimum atomic E-state index is 0. The molecule has 2 saturated carbocycles. The van der Waals surface area contributed by atoms with Gasteiger partial charge in [0.1, 0.15) is 0 Å². The summed E-state index contributed by atoms with van der Waals surface area (Å²) >= 11 is 0. The molecule has 0 heterocycles. The van der Waals surface area contributed by atoms with Gasteiger partial charge in [0.2, 0.25) is 0 Å². The van der Waals surface area contributed by atoms with Gasteiger partial charge in [0.15, 0.2) is 0 Å². The van der Waals surface area contributed by atoms with E-state index in [2.05, 4.69) is 6.92 Å². The zero-order chi connectivity index (χ0) is 11.4. The maximum absolute atomic E-state index is 3.62. The molecule has 16 heavy (non-hydrogen) atoms. The van der Waals surface area contributed by atoms with E-state index in [1.165, 1.54) is 0 Å². The van der Waals surface area contributed by atoms with Crippen LogP contribution < -0.4 is 0 Å². The minimum Gasteiger partial charge on any atom is -0.0617 e. The van der Waals surface area contributed by atoms with E-state index in [9.17, 15) is 0 Å². The Morgan fingerprint density at radius 1 is 0.750 bits per heavy atom. The smallest absolute Gasteiger partial charge is 0 e. The molecule has 2 aliphatic rings. The van der Waals surface area contributed by atoms with Crippen LogP contribution in [0.5, 0.6) is 0 Å². The summed E-state index contributed by atoms with van der Waals surface area (Å²) in [4.78, 5) is 0. The van der Waals surface area contributed by atoms with E-state index in [1.54, 1.807) is 0 Å². The molecule has 0 aromatic rings. The summed E-state index contributed by atoms with van der Waals surface area (Å²) in [6.07, 6.45) is 22.0. The Morgan fingerprint density at radius 3 is 0.938 bits per heavy atom. The molecule has 0 aromatic heterocycles. The maximum atomic E-state index is 3.62. The third kappa shape index (κ3) is 17.1. The zero-order valence-corrected chi connectivity index (χ0v) is 11.6. The molecule has 0 bridgehead atoms. The van der Waals surface area contributed by atoms with E-state index < -0.39 is 0 Å². The number of hydrogen-bond acceptors (Lipinski definition) is 0. The molecule has 0 saturated heterocycles. The van der Waals surface area contributed by atoms with Crippen molar-refractivity contribution in [1.82, 2.24) is 0 Å². The third-order valence-corrected chi connectivity index (χ3v) is 1.60. The van der Waals surface area contributed by atoms with Gasteiger partial charge in [-0.15, -0.1) is 0 Å². The molecule has 2 aliphatic carbocycles. The Morgan fingerprint density at radius 2 is 0.875 bits per heavy atom. The van der Waals surface area contributed by atoms with Crippen molar-refractivity contribution in [3.05, 3.63) is 83.5 Å². The van der Waals surface area contributed by atoms with Gasteiger partial charge in [0.25, 0.3) is 0 Å². The maximum Gasteiger partial charge on any atom is 0 e. The van der Waals surface area contributed by atoms with Crippen molar-refractivity contribution in [2.75, 3.05) is 0 Å². The van der Waals surface area contributed by atoms with Crippen LogP contribution in [-0.2, 0) is 21.7 Å². The Balaban J connectivity index is 0. The minimum absolute atomic E-state index is 0. The first kappa shape index (κ1) is 19.1. The first-order valence-electron chi connectivity index (χ1n) is 5.05. The topological polar surface area (TPSA) is 0 Å². The average Bonchev–Trinajstić information content (AvgIpc) is 2.96. The van der Waals surface area contributed by atoms with Gasteiger partial charge in [-0.3, -0.25) is 0 Å². The molecular weight excluding hydrogens is 228 g/mol. The van der Waals surface area contributed by atoms with Crippen LogP contribution in [-0.4, -0.2) is 0 Å². The fourth-order valence-electron chi connectivity index (χ4n) is 0.642. The third-order valence-electron chi connectivity index (χ3n) is 1.60. The first-order valence-corrected chi connectivity index (χ1v) is 5.05. The fourth-order valence-corrected chi connectivity index (χ4v) is 0.642. The van der Waals surface area contributed by atoms with Crippen molar-refractivity contribution in [3.63, 3.8) is 0 Å². The molecular formula is C15H19Ti. The molecule has 0 unspecified atom stereocenters. The van der Waals surface area contributed by atoms with Crippen molar-refractivity contribution in [3.8, 4) is 0 Å². The second kappa shape index (κ2) is 15.7. The Bertz CT molecular complexity index is 76.8. The van der Waals surface area contributed by atoms with Crippen LogP contribution in [0.1, 0.15) is 13.8 Å². The van der Waals surface area contributed by atoms with E-state index in [1.807, 2.05) is 84.5 Å². The van der Waals surface area contributed by atoms with Gasteiger partial charge in [-0.25, -0.2) is 0 Å². The summed E-state index contributed by atoms with van der Waals surface area (Å²) in [6, 6.07) is 0. The van der Waals surface area contributed by atoms with Crippen LogP contribution >= 0.6 is 0 Å². The van der Waals surface area contributed by atoms with Gasteiger partial charge < -0.3 is 0 Å². The van der Waals surface area contributed by atoms with E-state index >= 15 is 0 Å². The molecule has 0 atom stereocenters. The SMILES string of the molecule is [CH2][C](C)[CH]C.[CH]1[CH][CH][CH][CH]1.[CH]1[CH][CH][CH][CH]1.[Ti]. The molecule has 0 amide bonds. The van der Waals surface area contributed by atoms with E-state index in [4.69, 9.17) is 0 Å². The molecule has 0 aromatic carbocycles. The van der Waals surface area contributed by atoms with Crippen molar-refractivity contribution in [1.29, 1.82) is 0 Å². The Hall–Kier alpha value is 0.714. The predicted molar refractivity (Wildman–Crippen MR) is 67.2 cm³/mol. The van der Waals surface area contributed by atoms with E-state index in [0.29, 0.717) is 0 Å². The fraction of sp³-hybridized carbons (Fsp3) is 0.133. The summed E-state index contributed by atoms with van der Waals surface area (Å²) in [6.45, 7) is 7.56. The number of hydrogen-bond donors (Lipinski definition) is 0. The van der Waals surface area contributed by atoms with Crippen molar-refractivity contribution in [2.24, 2.45) is 0 Å². The van der Waals surface area contributed by atoms with Crippen molar-refractivity contribution >= 4 is 0 Å². The predicted octanol–water partition coefficient (Wildman–Crippen LogP) is 3.68. The van der Waals surface area contributed by atoms with Gasteiger partial charge in [0, 0.05) is 21.7 Å². The summed E-state index contributed by atoms with van der Waals surface area (Å²) in [7, 11) is 0. The van der Waals surface area contributed by atoms with E-state index in [-0.39, 0.29) is 21.7 Å². The first-order chi connectivity index (χ1) is 7.27. The summed E-state index contributed by atoms with van der Waals surface area (Å²) in [5.74, 6) is 1.13. The Labute approximate surface area is 119 Å². The standard InChI is InChI=1S/2C5H5.C5H9.Ti/c2*1-2-4-5-3-1;1-4-5(2)3;/h2*1-5H;4H,2H2,1,3H3;. The van der Waals surface area contributed by atoms with Crippen LogP contribution in [0.15, 0.2) is 0 Å². The van der Waals surface area contributed by atoms with Crippen LogP contribution in [0.2, 0.25) is 0 Å². The van der Waals surface area contributed by atoms with Gasteiger partial charge in [-0.05, 0) is 83.5 Å². The largest absolute Gasteiger partial charge is 0.0617 e. The van der Waals surface area contributed by atoms with Crippen LogP contribution in [0.3, 0.4) is 0 Å². The molecule has 0 aliphatic heterocycles. The Kier molecular flexibility index (Phi) is 18.7. The summed E-state index contributed by atoms with van der Waals surface area (Å²) in [5, 5.41) is 0. The molecule has 0 spiro atoms. The molecule has 0 N–H and O–H groups in total. The van der Waals surface area contributed by atoms with Gasteiger partial charge in [-0.2, -0.15) is 0 Å². The summed E-state index contributed by atoms with van der Waals surface area (Å²) < 4.78 is 0. The van der Waals surface area contributed by atoms with Crippen molar-refractivity contribution in [2.45, 2.75) is 13.8 Å². The molecule has 2 fully saturated rings. The van der Waals surface area contributed by atoms with Gasteiger partial charge >= 0.3 is 0 Å². The number of rotatable bonds is 1. The van der Waals surface area contributed by atoms with Crippen LogP contribution in [0, 0.1) is 83.5 Å². The second-order valence-corrected chi connectivity index (χ2v) is 3.06. The molecule has 0 nitrogen and oxygen atoms in total. The summed E-state index contributed by atoms with van der Waals surface area (Å²) in [5.41, 5.74) is 0. The average molecular weight is 247 g/mol. The quantitative estimate of drug-likeness (QED) is 0.620. The molecule has 2 rings (SSSR count). The van der Waals surface area contributed by atoms with Crippen molar-refractivity contribution < 1.29 is 21.7 Å². The normalized spacial score (nSPS) is 18.0. The molecule has 1 heteroatoms. The van der Waals surface area contributed by atoms with Gasteiger partial charge in [-0.1, -0.05) is 13.8 Å². The van der Waals surface area contributed by atoms with E-state index in [0.717, 1.165) is 5.92 Å². The van der Waals surface area contributed by atoms with Gasteiger partial charge in [0.05, 0.1) is 0 Å². The molecule has 83 valence electrons. The monoisotopic (exact) mass is 247 g/mol. The van der Waals surface area contributed by atoms with Crippen LogP contribution in [0.4, 0.5) is 0 Å². The van der Waals surface area contributed by atoms with Crippen LogP contribution in [0.25, 0.3) is 0 Å². The zero-order valence-electron chi connectivity index (χ0n) is 10.1.